The summed E-state index contributed by atoms with van der Waals surface area (Å²) in [6, 6.07) is 23.6. The van der Waals surface area contributed by atoms with Gasteiger partial charge in [-0.05, 0) is 12.1 Å². The first-order valence-corrected chi connectivity index (χ1v) is 9.18. The van der Waals surface area contributed by atoms with Crippen LogP contribution in [0, 0.1) is 0 Å². The molecule has 0 amide bonds. The lowest BCUT2D eigenvalue weighted by atomic mass is 10.1. The fourth-order valence-corrected chi connectivity index (χ4v) is 2.85. The van der Waals surface area contributed by atoms with Gasteiger partial charge in [0.05, 0.1) is 5.56 Å². The lowest BCUT2D eigenvalue weighted by Crippen LogP contribution is -2.03. The summed E-state index contributed by atoms with van der Waals surface area (Å²) < 4.78 is 5.05. The average molecular weight is 395 g/mol. The van der Waals surface area contributed by atoms with E-state index in [4.69, 9.17) is 4.74 Å². The van der Waals surface area contributed by atoms with E-state index in [0.29, 0.717) is 23.0 Å². The van der Waals surface area contributed by atoms with Gasteiger partial charge in [-0.2, -0.15) is 0 Å². The summed E-state index contributed by atoms with van der Waals surface area (Å²) >= 11 is 0. The number of nitrogens with zero attached hydrogens (tertiary/aromatic N) is 3. The number of rotatable bonds is 5. The second-order valence-electron chi connectivity index (χ2n) is 6.34. The Morgan fingerprint density at radius 3 is 1.83 bits per heavy atom. The maximum Gasteiger partial charge on any atom is 0.335 e. The van der Waals surface area contributed by atoms with Crippen LogP contribution in [0.25, 0.3) is 34.2 Å². The molecule has 30 heavy (non-hydrogen) atoms. The molecule has 1 N–H and O–H groups in total. The molecule has 0 unspecified atom stereocenters. The second kappa shape index (κ2) is 8.36. The number of benzene rings is 3. The predicted octanol–water partition coefficient (Wildman–Crippen LogP) is 4.67. The van der Waals surface area contributed by atoms with Crippen LogP contribution in [0.15, 0.2) is 91.5 Å². The number of phenols is 1. The molecule has 0 aliphatic rings. The highest BCUT2D eigenvalue weighted by Gasteiger charge is 2.15. The molecule has 6 nitrogen and oxygen atoms in total. The van der Waals surface area contributed by atoms with Gasteiger partial charge in [0.25, 0.3) is 0 Å². The van der Waals surface area contributed by atoms with Gasteiger partial charge in [0, 0.05) is 23.3 Å². The van der Waals surface area contributed by atoms with Gasteiger partial charge in [-0.3, -0.25) is 0 Å². The van der Waals surface area contributed by atoms with Crippen LogP contribution in [-0.4, -0.2) is 26.0 Å². The molecule has 0 radical (unpaired) electrons. The van der Waals surface area contributed by atoms with Gasteiger partial charge >= 0.3 is 5.97 Å². The van der Waals surface area contributed by atoms with Crippen LogP contribution < -0.4 is 4.74 Å². The lowest BCUT2D eigenvalue weighted by Gasteiger charge is -2.10. The summed E-state index contributed by atoms with van der Waals surface area (Å²) in [5.41, 5.74) is 2.05. The third kappa shape index (κ3) is 4.07. The van der Waals surface area contributed by atoms with E-state index < -0.39 is 5.97 Å². The Morgan fingerprint density at radius 2 is 1.33 bits per heavy atom. The standard InChI is InChI=1S/C24H17N3O3/c1-2-21(29)30-18-13-14-19(20(28)15-18)24-26-22(16-9-5-3-6-10-16)25-23(27-24)17-11-7-4-8-12-17/h2-15,28H,1H2. The smallest absolute Gasteiger partial charge is 0.335 e. The highest BCUT2D eigenvalue weighted by molar-refractivity contribution is 5.83. The number of carbonyl (C=O) groups excluding carboxylic acids is 1. The predicted molar refractivity (Wildman–Crippen MR) is 114 cm³/mol. The zero-order chi connectivity index (χ0) is 20.9. The molecule has 0 spiro atoms. The summed E-state index contributed by atoms with van der Waals surface area (Å²) in [6.07, 6.45) is 1.05. The Labute approximate surface area is 173 Å². The number of hydrogen-bond acceptors (Lipinski definition) is 6. The number of esters is 1. The van der Waals surface area contributed by atoms with Crippen molar-refractivity contribution in [1.82, 2.24) is 15.0 Å². The third-order valence-electron chi connectivity index (χ3n) is 4.29. The number of carbonyl (C=O) groups is 1. The van der Waals surface area contributed by atoms with E-state index in [-0.39, 0.29) is 11.5 Å². The molecule has 1 aromatic heterocycles. The van der Waals surface area contributed by atoms with E-state index in [1.807, 2.05) is 60.7 Å². The van der Waals surface area contributed by atoms with Crippen molar-refractivity contribution in [1.29, 1.82) is 0 Å². The van der Waals surface area contributed by atoms with Crippen molar-refractivity contribution in [2.24, 2.45) is 0 Å². The van der Waals surface area contributed by atoms with Crippen molar-refractivity contribution < 1.29 is 14.6 Å². The van der Waals surface area contributed by atoms with Crippen molar-refractivity contribution in [2.75, 3.05) is 0 Å². The van der Waals surface area contributed by atoms with Crippen LogP contribution in [0.5, 0.6) is 11.5 Å². The van der Waals surface area contributed by atoms with Gasteiger partial charge in [-0.15, -0.1) is 0 Å². The first-order chi connectivity index (χ1) is 14.6. The molecule has 0 aliphatic carbocycles. The Balaban J connectivity index is 1.83. The van der Waals surface area contributed by atoms with Crippen LogP contribution in [0.4, 0.5) is 0 Å². The zero-order valence-electron chi connectivity index (χ0n) is 15.9. The Bertz CT molecular complexity index is 1150. The van der Waals surface area contributed by atoms with E-state index in [0.717, 1.165) is 17.2 Å². The first-order valence-electron chi connectivity index (χ1n) is 9.18. The molecule has 1 heterocycles. The molecule has 4 rings (SSSR count). The number of aromatic hydroxyl groups is 1. The Morgan fingerprint density at radius 1 is 0.800 bits per heavy atom. The molecule has 0 aliphatic heterocycles. The highest BCUT2D eigenvalue weighted by atomic mass is 16.5. The van der Waals surface area contributed by atoms with Gasteiger partial charge in [0.1, 0.15) is 11.5 Å². The molecular formula is C24H17N3O3. The molecule has 6 heteroatoms. The van der Waals surface area contributed by atoms with E-state index in [2.05, 4.69) is 21.5 Å². The fraction of sp³-hybridized carbons (Fsp3) is 0. The normalized spacial score (nSPS) is 10.4. The number of ether oxygens (including phenoxy) is 1. The third-order valence-corrected chi connectivity index (χ3v) is 4.29. The van der Waals surface area contributed by atoms with Crippen LogP contribution in [0.2, 0.25) is 0 Å². The molecule has 0 fully saturated rings. The summed E-state index contributed by atoms with van der Waals surface area (Å²) in [4.78, 5) is 25.1. The molecule has 0 saturated heterocycles. The van der Waals surface area contributed by atoms with Gasteiger partial charge < -0.3 is 9.84 Å². The largest absolute Gasteiger partial charge is 0.507 e. The highest BCUT2D eigenvalue weighted by Crippen LogP contribution is 2.32. The minimum Gasteiger partial charge on any atom is -0.507 e. The van der Waals surface area contributed by atoms with E-state index >= 15 is 0 Å². The summed E-state index contributed by atoms with van der Waals surface area (Å²) in [6.45, 7) is 3.36. The lowest BCUT2D eigenvalue weighted by molar-refractivity contribution is -0.128. The zero-order valence-corrected chi connectivity index (χ0v) is 15.9. The van der Waals surface area contributed by atoms with Gasteiger partial charge in [0.2, 0.25) is 0 Å². The maximum atomic E-state index is 11.4. The average Bonchev–Trinajstić information content (AvgIpc) is 2.80. The topological polar surface area (TPSA) is 85.2 Å². The molecule has 4 aromatic rings. The second-order valence-corrected chi connectivity index (χ2v) is 6.34. The Hall–Kier alpha value is -4.32. The molecule has 3 aromatic carbocycles. The van der Waals surface area contributed by atoms with E-state index in [1.165, 1.54) is 6.07 Å². The van der Waals surface area contributed by atoms with Crippen molar-refractivity contribution >= 4 is 5.97 Å². The van der Waals surface area contributed by atoms with Crippen LogP contribution in [-0.2, 0) is 4.79 Å². The van der Waals surface area contributed by atoms with Gasteiger partial charge in [-0.1, -0.05) is 67.2 Å². The monoisotopic (exact) mass is 395 g/mol. The summed E-state index contributed by atoms with van der Waals surface area (Å²) in [5, 5.41) is 10.5. The van der Waals surface area contributed by atoms with Crippen LogP contribution in [0.1, 0.15) is 0 Å². The van der Waals surface area contributed by atoms with E-state index in [9.17, 15) is 9.90 Å². The van der Waals surface area contributed by atoms with Crippen LogP contribution in [0.3, 0.4) is 0 Å². The molecular weight excluding hydrogens is 378 g/mol. The summed E-state index contributed by atoms with van der Waals surface area (Å²) in [7, 11) is 0. The van der Waals surface area contributed by atoms with Crippen LogP contribution >= 0.6 is 0 Å². The Kier molecular flexibility index (Phi) is 5.30. The van der Waals surface area contributed by atoms with Gasteiger partial charge in [0.15, 0.2) is 17.5 Å². The maximum absolute atomic E-state index is 11.4. The number of phenolic OH excluding ortho intramolecular Hbond substituents is 1. The molecule has 146 valence electrons. The number of hydrogen-bond donors (Lipinski definition) is 1. The molecule has 0 bridgehead atoms. The molecule has 0 atom stereocenters. The van der Waals surface area contributed by atoms with Gasteiger partial charge in [-0.25, -0.2) is 19.7 Å². The van der Waals surface area contributed by atoms with Crippen molar-refractivity contribution in [2.45, 2.75) is 0 Å². The fourth-order valence-electron chi connectivity index (χ4n) is 2.85. The number of aromatic nitrogens is 3. The van der Waals surface area contributed by atoms with Crippen molar-refractivity contribution in [3.63, 3.8) is 0 Å². The van der Waals surface area contributed by atoms with E-state index in [1.54, 1.807) is 12.1 Å². The quantitative estimate of drug-likeness (QED) is 0.300. The molecule has 0 saturated carbocycles. The minimum absolute atomic E-state index is 0.117. The van der Waals surface area contributed by atoms with Crippen molar-refractivity contribution in [3.8, 4) is 45.7 Å². The van der Waals surface area contributed by atoms with Crippen molar-refractivity contribution in [3.05, 3.63) is 91.5 Å². The minimum atomic E-state index is -0.611. The SMILES string of the molecule is C=CC(=O)Oc1ccc(-c2nc(-c3ccccc3)nc(-c3ccccc3)n2)c(O)c1. The summed E-state index contributed by atoms with van der Waals surface area (Å²) in [5.74, 6) is 0.749. The first kappa shape index (κ1) is 19.0.